The lowest BCUT2D eigenvalue weighted by Crippen LogP contribution is -2.30. The average molecular weight is 395 g/mol. The standard InChI is InChI=1S/C23H25NO5/c1-3-5-13-24-20(15-9-11-17(25)12-10-15)19(22(27)23(24)28)21(26)16-7-6-8-18(14-16)29-4-2/h6-12,14,20,25-26H,3-5,13H2,1-2H3/b21-19-. The van der Waals surface area contributed by atoms with Crippen LogP contribution in [0.1, 0.15) is 43.9 Å². The number of aliphatic hydroxyl groups is 1. The Labute approximate surface area is 170 Å². The van der Waals surface area contributed by atoms with Crippen LogP contribution in [0.15, 0.2) is 54.1 Å². The number of benzene rings is 2. The minimum Gasteiger partial charge on any atom is -0.508 e. The molecule has 1 heterocycles. The van der Waals surface area contributed by atoms with E-state index >= 15 is 0 Å². The number of phenolic OH excluding ortho intramolecular Hbond substituents is 1. The van der Waals surface area contributed by atoms with Gasteiger partial charge in [0.25, 0.3) is 11.7 Å². The van der Waals surface area contributed by atoms with E-state index in [1.54, 1.807) is 36.4 Å². The summed E-state index contributed by atoms with van der Waals surface area (Å²) in [6.07, 6.45) is 1.60. The van der Waals surface area contributed by atoms with E-state index in [2.05, 4.69) is 0 Å². The lowest BCUT2D eigenvalue weighted by molar-refractivity contribution is -0.139. The van der Waals surface area contributed by atoms with Crippen molar-refractivity contribution in [3.05, 3.63) is 65.2 Å². The number of aliphatic hydroxyl groups excluding tert-OH is 1. The van der Waals surface area contributed by atoms with Crippen molar-refractivity contribution in [1.82, 2.24) is 4.90 Å². The molecule has 1 atom stereocenters. The Morgan fingerprint density at radius 3 is 2.48 bits per heavy atom. The van der Waals surface area contributed by atoms with Crippen LogP contribution in [0.5, 0.6) is 11.5 Å². The second-order valence-corrected chi connectivity index (χ2v) is 6.90. The molecule has 0 bridgehead atoms. The third-order valence-electron chi connectivity index (χ3n) is 4.92. The maximum atomic E-state index is 12.9. The lowest BCUT2D eigenvalue weighted by Gasteiger charge is -2.25. The van der Waals surface area contributed by atoms with Crippen LogP contribution in [0, 0.1) is 0 Å². The van der Waals surface area contributed by atoms with Crippen LogP contribution in [0.25, 0.3) is 5.76 Å². The van der Waals surface area contributed by atoms with Crippen molar-refractivity contribution < 1.29 is 24.5 Å². The smallest absolute Gasteiger partial charge is 0.295 e. The molecule has 1 saturated heterocycles. The minimum absolute atomic E-state index is 0.0467. The molecule has 1 amide bonds. The molecule has 2 N–H and O–H groups in total. The highest BCUT2D eigenvalue weighted by molar-refractivity contribution is 6.46. The summed E-state index contributed by atoms with van der Waals surface area (Å²) in [6.45, 7) is 4.74. The zero-order valence-electron chi connectivity index (χ0n) is 16.6. The molecule has 3 rings (SSSR count). The number of hydrogen-bond acceptors (Lipinski definition) is 5. The monoisotopic (exact) mass is 395 g/mol. The van der Waals surface area contributed by atoms with Crippen molar-refractivity contribution in [2.45, 2.75) is 32.7 Å². The van der Waals surface area contributed by atoms with Gasteiger partial charge >= 0.3 is 0 Å². The maximum absolute atomic E-state index is 12.9. The average Bonchev–Trinajstić information content (AvgIpc) is 2.97. The van der Waals surface area contributed by atoms with Crippen molar-refractivity contribution in [3.63, 3.8) is 0 Å². The molecule has 0 spiro atoms. The predicted molar refractivity (Wildman–Crippen MR) is 110 cm³/mol. The molecule has 6 nitrogen and oxygen atoms in total. The first kappa shape index (κ1) is 20.5. The van der Waals surface area contributed by atoms with Gasteiger partial charge in [-0.05, 0) is 43.2 Å². The first-order valence-electron chi connectivity index (χ1n) is 9.78. The third-order valence-corrected chi connectivity index (χ3v) is 4.92. The van der Waals surface area contributed by atoms with Crippen LogP contribution in [-0.4, -0.2) is 40.0 Å². The van der Waals surface area contributed by atoms with Crippen molar-refractivity contribution >= 4 is 17.4 Å². The van der Waals surface area contributed by atoms with Crippen molar-refractivity contribution in [2.24, 2.45) is 0 Å². The number of Topliss-reactive ketones (excluding diaryl/α,β-unsaturated/α-hetero) is 1. The third kappa shape index (κ3) is 4.11. The second kappa shape index (κ2) is 8.82. The molecule has 0 radical (unpaired) electrons. The number of hydrogen-bond donors (Lipinski definition) is 2. The van der Waals surface area contributed by atoms with Crippen LogP contribution >= 0.6 is 0 Å². The van der Waals surface area contributed by atoms with Crippen molar-refractivity contribution in [2.75, 3.05) is 13.2 Å². The molecular weight excluding hydrogens is 370 g/mol. The number of carbonyl (C=O) groups excluding carboxylic acids is 2. The number of rotatable bonds is 7. The van der Waals surface area contributed by atoms with Gasteiger partial charge < -0.3 is 19.8 Å². The fraction of sp³-hybridized carbons (Fsp3) is 0.304. The van der Waals surface area contributed by atoms with Crippen LogP contribution in [0.3, 0.4) is 0 Å². The second-order valence-electron chi connectivity index (χ2n) is 6.90. The van der Waals surface area contributed by atoms with Gasteiger partial charge in [-0.2, -0.15) is 0 Å². The van der Waals surface area contributed by atoms with E-state index in [0.717, 1.165) is 12.8 Å². The van der Waals surface area contributed by atoms with Gasteiger partial charge in [0.05, 0.1) is 18.2 Å². The molecule has 1 unspecified atom stereocenters. The summed E-state index contributed by atoms with van der Waals surface area (Å²) >= 11 is 0. The molecular formula is C23H25NO5. The number of nitrogens with zero attached hydrogens (tertiary/aromatic N) is 1. The Balaban J connectivity index is 2.13. The highest BCUT2D eigenvalue weighted by Gasteiger charge is 2.45. The highest BCUT2D eigenvalue weighted by Crippen LogP contribution is 2.40. The predicted octanol–water partition coefficient (Wildman–Crippen LogP) is 4.01. The van der Waals surface area contributed by atoms with E-state index in [1.165, 1.54) is 17.0 Å². The van der Waals surface area contributed by atoms with E-state index in [1.807, 2.05) is 13.8 Å². The molecule has 1 aliphatic heterocycles. The summed E-state index contributed by atoms with van der Waals surface area (Å²) in [6, 6.07) is 12.4. The number of unbranched alkanes of at least 4 members (excludes halogenated alkanes) is 1. The zero-order chi connectivity index (χ0) is 21.0. The van der Waals surface area contributed by atoms with Crippen LogP contribution < -0.4 is 4.74 Å². The summed E-state index contributed by atoms with van der Waals surface area (Å²) in [5.74, 6) is -0.916. The van der Waals surface area contributed by atoms with Crippen LogP contribution in [0.2, 0.25) is 0 Å². The van der Waals surface area contributed by atoms with E-state index in [-0.39, 0.29) is 17.1 Å². The Morgan fingerprint density at radius 1 is 1.10 bits per heavy atom. The van der Waals surface area contributed by atoms with Gasteiger partial charge in [-0.3, -0.25) is 9.59 Å². The molecule has 0 aliphatic carbocycles. The fourth-order valence-corrected chi connectivity index (χ4v) is 3.50. The Morgan fingerprint density at radius 2 is 1.83 bits per heavy atom. The highest BCUT2D eigenvalue weighted by atomic mass is 16.5. The molecule has 1 aliphatic rings. The lowest BCUT2D eigenvalue weighted by atomic mass is 9.95. The van der Waals surface area contributed by atoms with Gasteiger partial charge in [-0.1, -0.05) is 37.6 Å². The van der Waals surface area contributed by atoms with Gasteiger partial charge in [0.1, 0.15) is 17.3 Å². The molecule has 2 aromatic carbocycles. The Bertz CT molecular complexity index is 933. The number of likely N-dealkylation sites (tertiary alicyclic amines) is 1. The number of aromatic hydroxyl groups is 1. The molecule has 0 aromatic heterocycles. The quantitative estimate of drug-likeness (QED) is 0.420. The Hall–Kier alpha value is -3.28. The van der Waals surface area contributed by atoms with Gasteiger partial charge in [-0.15, -0.1) is 0 Å². The van der Waals surface area contributed by atoms with Gasteiger partial charge in [-0.25, -0.2) is 0 Å². The number of ketones is 1. The largest absolute Gasteiger partial charge is 0.508 e. The Kier molecular flexibility index (Phi) is 6.22. The SMILES string of the molecule is CCCCN1C(=O)C(=O)/C(=C(\O)c2cccc(OCC)c2)C1c1ccc(O)cc1. The summed E-state index contributed by atoms with van der Waals surface area (Å²) in [5, 5.41) is 20.6. The van der Waals surface area contributed by atoms with Gasteiger partial charge in [0.2, 0.25) is 0 Å². The normalized spacial score (nSPS) is 18.3. The molecule has 152 valence electrons. The summed E-state index contributed by atoms with van der Waals surface area (Å²) < 4.78 is 5.48. The summed E-state index contributed by atoms with van der Waals surface area (Å²) in [4.78, 5) is 27.1. The van der Waals surface area contributed by atoms with E-state index in [9.17, 15) is 19.8 Å². The zero-order valence-corrected chi connectivity index (χ0v) is 16.6. The van der Waals surface area contributed by atoms with Crippen molar-refractivity contribution in [3.8, 4) is 11.5 Å². The molecule has 2 aromatic rings. The summed E-state index contributed by atoms with van der Waals surface area (Å²) in [5.41, 5.74) is 1.11. The summed E-state index contributed by atoms with van der Waals surface area (Å²) in [7, 11) is 0. The number of ether oxygens (including phenoxy) is 1. The van der Waals surface area contributed by atoms with Crippen LogP contribution in [-0.2, 0) is 9.59 Å². The van der Waals surface area contributed by atoms with Gasteiger partial charge in [0.15, 0.2) is 0 Å². The molecule has 29 heavy (non-hydrogen) atoms. The van der Waals surface area contributed by atoms with Crippen LogP contribution in [0.4, 0.5) is 0 Å². The van der Waals surface area contributed by atoms with E-state index < -0.39 is 17.7 Å². The van der Waals surface area contributed by atoms with Crippen molar-refractivity contribution in [1.29, 1.82) is 0 Å². The van der Waals surface area contributed by atoms with Gasteiger partial charge in [0, 0.05) is 12.1 Å². The topological polar surface area (TPSA) is 87.1 Å². The molecule has 6 heteroatoms. The number of carbonyl (C=O) groups is 2. The molecule has 1 fully saturated rings. The van der Waals surface area contributed by atoms with E-state index in [4.69, 9.17) is 4.74 Å². The number of phenols is 1. The first-order chi connectivity index (χ1) is 14.0. The van der Waals surface area contributed by atoms with E-state index in [0.29, 0.717) is 30.0 Å². The molecule has 0 saturated carbocycles. The number of amides is 1. The minimum atomic E-state index is -0.710. The maximum Gasteiger partial charge on any atom is 0.295 e. The first-order valence-corrected chi connectivity index (χ1v) is 9.78. The fourth-order valence-electron chi connectivity index (χ4n) is 3.50.